The average molecular weight is 504 g/mol. The molecule has 3 heterocycles. The van der Waals surface area contributed by atoms with Gasteiger partial charge in [0.15, 0.2) is 5.16 Å². The molecule has 188 valence electrons. The molecule has 0 spiro atoms. The number of rotatable bonds is 7. The summed E-state index contributed by atoms with van der Waals surface area (Å²) >= 11 is 1.82. The number of likely N-dealkylation sites (tertiary alicyclic amines) is 1. The highest BCUT2D eigenvalue weighted by Crippen LogP contribution is 2.28. The molecule has 3 aromatic rings. The number of fused-ring (bicyclic) bond motifs is 1. The van der Waals surface area contributed by atoms with Gasteiger partial charge in [0.2, 0.25) is 12.3 Å². The molecule has 0 radical (unpaired) electrons. The molecule has 1 fully saturated rings. The molecule has 2 aliphatic rings. The Balaban J connectivity index is 0.000000187. The van der Waals surface area contributed by atoms with E-state index in [0.717, 1.165) is 53.6 Å². The van der Waals surface area contributed by atoms with E-state index >= 15 is 0 Å². The third-order valence-electron chi connectivity index (χ3n) is 6.20. The largest absolute Gasteiger partial charge is 0.342 e. The van der Waals surface area contributed by atoms with Crippen molar-refractivity contribution in [2.45, 2.75) is 37.4 Å². The zero-order valence-electron chi connectivity index (χ0n) is 20.8. The number of thioether (sulfide) groups is 1. The lowest BCUT2D eigenvalue weighted by Gasteiger charge is -2.25. The molecule has 1 atom stereocenters. The number of aromatic nitrogens is 2. The van der Waals surface area contributed by atoms with Crippen LogP contribution in [0.3, 0.4) is 0 Å². The lowest BCUT2D eigenvalue weighted by atomic mass is 10.2. The number of amides is 2. The lowest BCUT2D eigenvalue weighted by molar-refractivity contribution is -0.127. The molecule has 1 N–H and O–H groups in total. The van der Waals surface area contributed by atoms with E-state index in [9.17, 15) is 9.59 Å². The Hall–Kier alpha value is -3.52. The van der Waals surface area contributed by atoms with Crippen molar-refractivity contribution in [2.75, 3.05) is 29.1 Å². The number of allylic oxidation sites excluding steroid dienone is 2. The number of benzene rings is 2. The van der Waals surface area contributed by atoms with Crippen LogP contribution in [0.15, 0.2) is 78.1 Å². The lowest BCUT2D eigenvalue weighted by Crippen LogP contribution is -2.39. The van der Waals surface area contributed by atoms with E-state index in [-0.39, 0.29) is 11.9 Å². The maximum Gasteiger partial charge on any atom is 0.247 e. The molecule has 36 heavy (non-hydrogen) atoms. The SMILES string of the molecule is CCCSc1nc2ccccc2n1C.O=CN1CCC[C@H]1C(=O)Nc1ccccc1N1C=CC=CC1. The fourth-order valence-corrected chi connectivity index (χ4v) is 5.18. The van der Waals surface area contributed by atoms with Gasteiger partial charge >= 0.3 is 0 Å². The Morgan fingerprint density at radius 3 is 2.72 bits per heavy atom. The second kappa shape index (κ2) is 12.4. The molecule has 1 aromatic heterocycles. The van der Waals surface area contributed by atoms with Gasteiger partial charge in [-0.25, -0.2) is 4.98 Å². The van der Waals surface area contributed by atoms with Gasteiger partial charge in [0.25, 0.3) is 0 Å². The molecule has 1 saturated heterocycles. The Kier molecular flexibility index (Phi) is 8.84. The van der Waals surface area contributed by atoms with Crippen molar-refractivity contribution >= 4 is 46.5 Å². The van der Waals surface area contributed by atoms with Crippen LogP contribution in [0.1, 0.15) is 26.2 Å². The summed E-state index contributed by atoms with van der Waals surface area (Å²) < 4.78 is 2.16. The van der Waals surface area contributed by atoms with E-state index in [2.05, 4.69) is 58.0 Å². The molecule has 2 aliphatic heterocycles. The Bertz CT molecular complexity index is 1250. The topological polar surface area (TPSA) is 70.5 Å². The first-order chi connectivity index (χ1) is 17.6. The zero-order chi connectivity index (χ0) is 25.3. The first-order valence-corrected chi connectivity index (χ1v) is 13.4. The van der Waals surface area contributed by atoms with Crippen molar-refractivity contribution in [2.24, 2.45) is 7.05 Å². The van der Waals surface area contributed by atoms with Gasteiger partial charge in [-0.05, 0) is 49.6 Å². The van der Waals surface area contributed by atoms with Gasteiger partial charge in [0, 0.05) is 32.1 Å². The molecule has 5 rings (SSSR count). The summed E-state index contributed by atoms with van der Waals surface area (Å²) in [6.07, 6.45) is 11.6. The number of hydrogen-bond donors (Lipinski definition) is 1. The first-order valence-electron chi connectivity index (χ1n) is 12.4. The summed E-state index contributed by atoms with van der Waals surface area (Å²) in [6.45, 7) is 3.62. The maximum atomic E-state index is 12.5. The van der Waals surface area contributed by atoms with Crippen LogP contribution in [0.25, 0.3) is 11.0 Å². The van der Waals surface area contributed by atoms with Crippen molar-refractivity contribution in [1.29, 1.82) is 0 Å². The van der Waals surface area contributed by atoms with Gasteiger partial charge in [0.05, 0.1) is 22.4 Å². The van der Waals surface area contributed by atoms with Gasteiger partial charge in [-0.15, -0.1) is 0 Å². The van der Waals surface area contributed by atoms with Crippen molar-refractivity contribution in [1.82, 2.24) is 14.5 Å². The predicted molar refractivity (Wildman–Crippen MR) is 148 cm³/mol. The third kappa shape index (κ3) is 5.99. The number of anilines is 2. The molecule has 8 heteroatoms. The number of para-hydroxylation sites is 4. The maximum absolute atomic E-state index is 12.5. The number of carbonyl (C=O) groups excluding carboxylic acids is 2. The van der Waals surface area contributed by atoms with Gasteiger partial charge < -0.3 is 19.7 Å². The Labute approximate surface area is 216 Å². The van der Waals surface area contributed by atoms with Crippen LogP contribution in [0.2, 0.25) is 0 Å². The summed E-state index contributed by atoms with van der Waals surface area (Å²) in [7, 11) is 2.08. The molecule has 0 unspecified atom stereocenters. The number of carbonyl (C=O) groups is 2. The fraction of sp³-hybridized carbons (Fsp3) is 0.321. The Morgan fingerprint density at radius 2 is 1.97 bits per heavy atom. The summed E-state index contributed by atoms with van der Waals surface area (Å²) in [5.41, 5.74) is 4.03. The minimum atomic E-state index is -0.359. The molecule has 0 aliphatic carbocycles. The van der Waals surface area contributed by atoms with Crippen LogP contribution in [0, 0.1) is 0 Å². The minimum Gasteiger partial charge on any atom is -0.342 e. The van der Waals surface area contributed by atoms with Crippen molar-refractivity contribution < 1.29 is 9.59 Å². The molecule has 7 nitrogen and oxygen atoms in total. The summed E-state index contributed by atoms with van der Waals surface area (Å²) in [6, 6.07) is 15.6. The highest BCUT2D eigenvalue weighted by atomic mass is 32.2. The highest BCUT2D eigenvalue weighted by molar-refractivity contribution is 7.99. The van der Waals surface area contributed by atoms with E-state index in [4.69, 9.17) is 0 Å². The molecule has 2 amide bonds. The van der Waals surface area contributed by atoms with E-state index in [1.54, 1.807) is 4.90 Å². The summed E-state index contributed by atoms with van der Waals surface area (Å²) in [4.78, 5) is 31.7. The number of nitrogens with zero attached hydrogens (tertiary/aromatic N) is 4. The highest BCUT2D eigenvalue weighted by Gasteiger charge is 2.30. The minimum absolute atomic E-state index is 0.117. The quantitative estimate of drug-likeness (QED) is 0.354. The van der Waals surface area contributed by atoms with Crippen LogP contribution in [0.4, 0.5) is 11.4 Å². The van der Waals surface area contributed by atoms with Crippen LogP contribution >= 0.6 is 11.8 Å². The number of hydrogen-bond acceptors (Lipinski definition) is 5. The van der Waals surface area contributed by atoms with Crippen LogP contribution in [0.5, 0.6) is 0 Å². The van der Waals surface area contributed by atoms with Gasteiger partial charge in [-0.1, -0.05) is 55.1 Å². The standard InChI is InChI=1S/C17H19N3O2.C11H14N2S/c21-13-20-12-6-9-16(20)17(22)18-14-7-2-3-8-15(14)19-10-4-1-5-11-19;1-3-8-14-11-12-9-6-4-5-7-10(9)13(11)2/h1-5,7-8,10,13,16H,6,9,11-12H2,(H,18,22);4-7H,3,8H2,1-2H3/t16-;/m0./s1. The van der Waals surface area contributed by atoms with Crippen LogP contribution in [-0.2, 0) is 16.6 Å². The normalized spacial score (nSPS) is 16.7. The summed E-state index contributed by atoms with van der Waals surface area (Å²) in [5, 5.41) is 4.09. The first kappa shape index (κ1) is 25.6. The van der Waals surface area contributed by atoms with Crippen LogP contribution < -0.4 is 10.2 Å². The second-order valence-corrected chi connectivity index (χ2v) is 9.78. The van der Waals surface area contributed by atoms with Gasteiger partial charge in [-0.2, -0.15) is 0 Å². The molecule has 0 saturated carbocycles. The summed E-state index contributed by atoms with van der Waals surface area (Å²) in [5.74, 6) is 1.02. The smallest absolute Gasteiger partial charge is 0.247 e. The van der Waals surface area contributed by atoms with Crippen LogP contribution in [-0.4, -0.2) is 51.7 Å². The predicted octanol–water partition coefficient (Wildman–Crippen LogP) is 5.21. The number of aryl methyl sites for hydroxylation is 1. The molecule has 2 aromatic carbocycles. The fourth-order valence-electron chi connectivity index (χ4n) is 4.33. The second-order valence-electron chi connectivity index (χ2n) is 8.72. The monoisotopic (exact) mass is 503 g/mol. The van der Waals surface area contributed by atoms with Gasteiger partial charge in [0.1, 0.15) is 6.04 Å². The third-order valence-corrected chi connectivity index (χ3v) is 7.44. The average Bonchev–Trinajstić information content (AvgIpc) is 3.53. The number of imidazole rings is 1. The van der Waals surface area contributed by atoms with Gasteiger partial charge in [-0.3, -0.25) is 9.59 Å². The number of nitrogens with one attached hydrogen (secondary N) is 1. The molecular weight excluding hydrogens is 470 g/mol. The van der Waals surface area contributed by atoms with E-state index in [1.165, 1.54) is 11.9 Å². The van der Waals surface area contributed by atoms with Crippen molar-refractivity contribution in [3.63, 3.8) is 0 Å². The van der Waals surface area contributed by atoms with Crippen molar-refractivity contribution in [3.05, 3.63) is 73.0 Å². The molecule has 0 bridgehead atoms. The zero-order valence-corrected chi connectivity index (χ0v) is 21.7. The van der Waals surface area contributed by atoms with Crippen molar-refractivity contribution in [3.8, 4) is 0 Å². The van der Waals surface area contributed by atoms with E-state index in [1.807, 2.05) is 60.4 Å². The van der Waals surface area contributed by atoms with E-state index in [0.29, 0.717) is 6.54 Å². The van der Waals surface area contributed by atoms with E-state index < -0.39 is 0 Å². The molecular formula is C28H33N5O2S. The Morgan fingerprint density at radius 1 is 1.17 bits per heavy atom.